The van der Waals surface area contributed by atoms with Crippen molar-refractivity contribution < 1.29 is 18.0 Å². The van der Waals surface area contributed by atoms with Crippen LogP contribution in [0.2, 0.25) is 0 Å². The number of amides is 1. The summed E-state index contributed by atoms with van der Waals surface area (Å²) in [6, 6.07) is 0. The number of halogens is 3. The van der Waals surface area contributed by atoms with Crippen molar-refractivity contribution in [1.29, 1.82) is 0 Å². The molecule has 0 saturated carbocycles. The maximum absolute atomic E-state index is 12.8. The van der Waals surface area contributed by atoms with Gasteiger partial charge < -0.3 is 0 Å². The van der Waals surface area contributed by atoms with Gasteiger partial charge in [0.1, 0.15) is 12.0 Å². The lowest BCUT2D eigenvalue weighted by Crippen LogP contribution is -2.42. The quantitative estimate of drug-likeness (QED) is 0.831. The van der Waals surface area contributed by atoms with Gasteiger partial charge in [-0.2, -0.15) is 13.2 Å². The number of carbonyl (C=O) groups is 1. The summed E-state index contributed by atoms with van der Waals surface area (Å²) in [5, 5.41) is 1.16. The number of nitrogens with one attached hydrogen (secondary N) is 1. The average molecular weight is 260 g/mol. The van der Waals surface area contributed by atoms with Gasteiger partial charge in [-0.25, -0.2) is 9.97 Å². The Bertz CT molecular complexity index is 449. The average Bonchev–Trinajstić information content (AvgIpc) is 2.53. The third-order valence-corrected chi connectivity index (χ3v) is 2.55. The topological polar surface area (TPSA) is 58.1 Å². The lowest BCUT2D eigenvalue weighted by Gasteiger charge is -2.24. The lowest BCUT2D eigenvalue weighted by atomic mass is 10.2. The third kappa shape index (κ3) is 2.69. The number of hydrogen-bond donors (Lipinski definition) is 1. The van der Waals surface area contributed by atoms with E-state index >= 15 is 0 Å². The van der Waals surface area contributed by atoms with Crippen LogP contribution < -0.4 is 10.4 Å². The van der Waals surface area contributed by atoms with Crippen molar-refractivity contribution in [2.45, 2.75) is 25.4 Å². The molecule has 1 amide bonds. The molecule has 0 atom stereocenters. The van der Waals surface area contributed by atoms with Gasteiger partial charge in [-0.1, -0.05) is 0 Å². The first-order chi connectivity index (χ1) is 8.48. The van der Waals surface area contributed by atoms with Crippen LogP contribution in [0.5, 0.6) is 0 Å². The van der Waals surface area contributed by atoms with E-state index in [1.54, 1.807) is 0 Å². The second-order valence-electron chi connectivity index (χ2n) is 3.90. The largest absolute Gasteiger partial charge is 0.435 e. The molecule has 1 aromatic heterocycles. The van der Waals surface area contributed by atoms with Crippen molar-refractivity contribution in [3.05, 3.63) is 18.2 Å². The number of rotatable bonds is 1. The van der Waals surface area contributed by atoms with E-state index in [9.17, 15) is 18.0 Å². The van der Waals surface area contributed by atoms with E-state index < -0.39 is 11.9 Å². The molecule has 2 heterocycles. The van der Waals surface area contributed by atoms with Crippen molar-refractivity contribution in [3.8, 4) is 0 Å². The number of hydrazine groups is 1. The summed E-state index contributed by atoms with van der Waals surface area (Å²) in [7, 11) is 0. The Hall–Kier alpha value is -1.86. The fourth-order valence-corrected chi connectivity index (χ4v) is 1.74. The highest BCUT2D eigenvalue weighted by Crippen LogP contribution is 2.34. The van der Waals surface area contributed by atoms with Gasteiger partial charge in [0.2, 0.25) is 5.91 Å². The lowest BCUT2D eigenvalue weighted by molar-refractivity contribution is -0.141. The van der Waals surface area contributed by atoms with Gasteiger partial charge in [0.25, 0.3) is 0 Å². The zero-order chi connectivity index (χ0) is 13.2. The predicted octanol–water partition coefficient (Wildman–Crippen LogP) is 1.52. The maximum Gasteiger partial charge on any atom is 0.435 e. The number of anilines is 1. The number of hydrogen-bond acceptors (Lipinski definition) is 4. The van der Waals surface area contributed by atoms with Crippen molar-refractivity contribution in [3.63, 3.8) is 0 Å². The van der Waals surface area contributed by atoms with E-state index in [4.69, 9.17) is 0 Å². The van der Waals surface area contributed by atoms with Gasteiger partial charge in [0.05, 0.1) is 6.20 Å². The molecule has 98 valence electrons. The van der Waals surface area contributed by atoms with E-state index in [0.29, 0.717) is 25.8 Å². The molecular formula is C10H11F3N4O. The fourth-order valence-electron chi connectivity index (χ4n) is 1.74. The zero-order valence-corrected chi connectivity index (χ0v) is 9.37. The highest BCUT2D eigenvalue weighted by Gasteiger charge is 2.37. The number of aromatic nitrogens is 2. The minimum atomic E-state index is -4.57. The third-order valence-electron chi connectivity index (χ3n) is 2.55. The van der Waals surface area contributed by atoms with Gasteiger partial charge in [-0.3, -0.25) is 15.2 Å². The first-order valence-corrected chi connectivity index (χ1v) is 5.42. The molecule has 1 fully saturated rings. The van der Waals surface area contributed by atoms with Crippen LogP contribution in [0.1, 0.15) is 25.0 Å². The second-order valence-corrected chi connectivity index (χ2v) is 3.90. The van der Waals surface area contributed by atoms with Gasteiger partial charge in [0.15, 0.2) is 5.69 Å². The predicted molar refractivity (Wildman–Crippen MR) is 56.4 cm³/mol. The van der Waals surface area contributed by atoms with E-state index in [-0.39, 0.29) is 11.6 Å². The molecule has 0 unspecified atom stereocenters. The Morgan fingerprint density at radius 3 is 2.83 bits per heavy atom. The van der Waals surface area contributed by atoms with Crippen LogP contribution in [0.15, 0.2) is 12.5 Å². The van der Waals surface area contributed by atoms with E-state index in [2.05, 4.69) is 15.4 Å². The first-order valence-electron chi connectivity index (χ1n) is 5.42. The number of alkyl halides is 3. The molecule has 1 aromatic rings. The first kappa shape index (κ1) is 12.6. The summed E-state index contributed by atoms with van der Waals surface area (Å²) in [5.41, 5.74) is 1.16. The van der Waals surface area contributed by atoms with Crippen LogP contribution in [0.4, 0.5) is 18.9 Å². The van der Waals surface area contributed by atoms with Gasteiger partial charge >= 0.3 is 6.18 Å². The van der Waals surface area contributed by atoms with Crippen LogP contribution >= 0.6 is 0 Å². The highest BCUT2D eigenvalue weighted by atomic mass is 19.4. The molecular weight excluding hydrogens is 249 g/mol. The standard InChI is InChI=1S/C10H11F3N4O/c11-10(12,13)9-7(5-14-6-15-9)17-4-2-1-3-8(18)16-17/h5-6H,1-4H2,(H,16,18). The van der Waals surface area contributed by atoms with E-state index in [0.717, 1.165) is 17.5 Å². The molecule has 1 N–H and O–H groups in total. The molecule has 2 rings (SSSR count). The summed E-state index contributed by atoms with van der Waals surface area (Å²) in [5.74, 6) is -0.301. The Kier molecular flexibility index (Phi) is 3.35. The molecule has 0 bridgehead atoms. The molecule has 0 spiro atoms. The second kappa shape index (κ2) is 4.79. The Labute approximate surface area is 101 Å². The summed E-state index contributed by atoms with van der Waals surface area (Å²) in [6.45, 7) is 0.308. The van der Waals surface area contributed by atoms with Crippen molar-refractivity contribution in [2.75, 3.05) is 11.6 Å². The summed E-state index contributed by atoms with van der Waals surface area (Å²) in [6.07, 6.45) is -1.09. The summed E-state index contributed by atoms with van der Waals surface area (Å²) in [4.78, 5) is 18.2. The van der Waals surface area contributed by atoms with Crippen LogP contribution in [-0.2, 0) is 11.0 Å². The molecule has 18 heavy (non-hydrogen) atoms. The van der Waals surface area contributed by atoms with E-state index in [1.807, 2.05) is 0 Å². The van der Waals surface area contributed by atoms with Gasteiger partial charge in [-0.05, 0) is 12.8 Å². The number of nitrogens with zero attached hydrogens (tertiary/aromatic N) is 3. The molecule has 0 aromatic carbocycles. The maximum atomic E-state index is 12.8. The molecule has 0 aliphatic carbocycles. The molecule has 0 radical (unpaired) electrons. The van der Waals surface area contributed by atoms with Crippen molar-refractivity contribution in [2.24, 2.45) is 0 Å². The van der Waals surface area contributed by atoms with Crippen LogP contribution in [-0.4, -0.2) is 22.4 Å². The van der Waals surface area contributed by atoms with Crippen LogP contribution in [0.3, 0.4) is 0 Å². The fraction of sp³-hybridized carbons (Fsp3) is 0.500. The van der Waals surface area contributed by atoms with Crippen LogP contribution in [0, 0.1) is 0 Å². The summed E-state index contributed by atoms with van der Waals surface area (Å²) >= 11 is 0. The van der Waals surface area contributed by atoms with Gasteiger partial charge in [-0.15, -0.1) is 0 Å². The normalized spacial score (nSPS) is 17.3. The minimum absolute atomic E-state index is 0.222. The molecule has 8 heteroatoms. The smallest absolute Gasteiger partial charge is 0.282 e. The zero-order valence-electron chi connectivity index (χ0n) is 9.37. The molecule has 1 aliphatic heterocycles. The SMILES string of the molecule is O=C1CCCCN(c2cncnc2C(F)(F)F)N1. The Morgan fingerprint density at radius 2 is 2.11 bits per heavy atom. The summed E-state index contributed by atoms with van der Waals surface area (Å²) < 4.78 is 38.3. The van der Waals surface area contributed by atoms with Crippen molar-refractivity contribution in [1.82, 2.24) is 15.4 Å². The van der Waals surface area contributed by atoms with E-state index in [1.165, 1.54) is 0 Å². The molecule has 5 nitrogen and oxygen atoms in total. The minimum Gasteiger partial charge on any atom is -0.282 e. The molecule has 1 saturated heterocycles. The van der Waals surface area contributed by atoms with Crippen molar-refractivity contribution >= 4 is 11.6 Å². The molecule has 1 aliphatic rings. The van der Waals surface area contributed by atoms with Crippen LogP contribution in [0.25, 0.3) is 0 Å². The highest BCUT2D eigenvalue weighted by molar-refractivity contribution is 5.78. The van der Waals surface area contributed by atoms with Gasteiger partial charge in [0, 0.05) is 13.0 Å². The Balaban J connectivity index is 2.34. The monoisotopic (exact) mass is 260 g/mol. The number of carbonyl (C=O) groups excluding carboxylic acids is 1. The Morgan fingerprint density at radius 1 is 1.33 bits per heavy atom.